The summed E-state index contributed by atoms with van der Waals surface area (Å²) < 4.78 is 14.3. The van der Waals surface area contributed by atoms with Crippen LogP contribution in [0.2, 0.25) is 0 Å². The molecule has 3 heterocycles. The van der Waals surface area contributed by atoms with Crippen LogP contribution >= 0.6 is 0 Å². The van der Waals surface area contributed by atoms with Gasteiger partial charge in [-0.15, -0.1) is 0 Å². The Bertz CT molecular complexity index is 181. The van der Waals surface area contributed by atoms with Gasteiger partial charge in [-0.25, -0.2) is 0 Å². The summed E-state index contributed by atoms with van der Waals surface area (Å²) in [6.45, 7) is 6.63. The first kappa shape index (κ1) is 15.3. The Hall–Kier alpha value is -0.730. The van der Waals surface area contributed by atoms with Crippen LogP contribution in [0, 0.1) is 0 Å². The minimum atomic E-state index is -0.0984. The molecule has 7 nitrogen and oxygen atoms in total. The molecule has 0 aromatic heterocycles. The molecule has 0 aliphatic carbocycles. The number of rotatable bonds is 0. The summed E-state index contributed by atoms with van der Waals surface area (Å²) in [7, 11) is 0. The summed E-state index contributed by atoms with van der Waals surface area (Å²) in [5.41, 5.74) is 0. The molecular formula is C11H23N3O4. The van der Waals surface area contributed by atoms with Gasteiger partial charge >= 0.3 is 5.97 Å². The molecule has 3 fully saturated rings. The molecule has 3 aliphatic rings. The van der Waals surface area contributed by atoms with Crippen LogP contribution in [-0.2, 0) is 19.0 Å². The van der Waals surface area contributed by atoms with Crippen molar-refractivity contribution < 1.29 is 19.0 Å². The van der Waals surface area contributed by atoms with Crippen molar-refractivity contribution >= 4 is 5.97 Å². The van der Waals surface area contributed by atoms with Crippen molar-refractivity contribution in [3.05, 3.63) is 0 Å². The van der Waals surface area contributed by atoms with E-state index in [1.165, 1.54) is 6.42 Å². The van der Waals surface area contributed by atoms with Crippen LogP contribution in [0.5, 0.6) is 0 Å². The zero-order chi connectivity index (χ0) is 12.9. The van der Waals surface area contributed by atoms with E-state index in [1.54, 1.807) is 0 Å². The first-order chi connectivity index (χ1) is 8.89. The topological polar surface area (TPSA) is 80.8 Å². The second-order valence-electron chi connectivity index (χ2n) is 3.87. The van der Waals surface area contributed by atoms with Gasteiger partial charge in [-0.3, -0.25) is 20.7 Å². The Morgan fingerprint density at radius 3 is 1.78 bits per heavy atom. The van der Waals surface area contributed by atoms with Crippen molar-refractivity contribution in [2.45, 2.75) is 12.8 Å². The highest BCUT2D eigenvalue weighted by Crippen LogP contribution is 1.87. The van der Waals surface area contributed by atoms with Crippen LogP contribution in [0.1, 0.15) is 12.8 Å². The molecule has 0 amide bonds. The average molecular weight is 261 g/mol. The second kappa shape index (κ2) is 11.4. The molecule has 3 saturated heterocycles. The average Bonchev–Trinajstić information content (AvgIpc) is 3.01. The molecular weight excluding hydrogens is 238 g/mol. The predicted octanol–water partition coefficient (Wildman–Crippen LogP) is -1.00. The Morgan fingerprint density at radius 2 is 1.56 bits per heavy atom. The third kappa shape index (κ3) is 9.32. The van der Waals surface area contributed by atoms with Crippen molar-refractivity contribution in [2.75, 3.05) is 53.0 Å². The third-order valence-corrected chi connectivity index (χ3v) is 2.31. The molecule has 0 aromatic rings. The number of hydrogen-bond acceptors (Lipinski definition) is 7. The minimum absolute atomic E-state index is 0.0984. The summed E-state index contributed by atoms with van der Waals surface area (Å²) >= 11 is 0. The Morgan fingerprint density at radius 1 is 0.833 bits per heavy atom. The molecule has 18 heavy (non-hydrogen) atoms. The molecule has 3 N–H and O–H groups in total. The van der Waals surface area contributed by atoms with Crippen LogP contribution in [0.15, 0.2) is 0 Å². The Kier molecular flexibility index (Phi) is 9.68. The summed E-state index contributed by atoms with van der Waals surface area (Å²) in [4.78, 5) is 10.2. The van der Waals surface area contributed by atoms with Crippen LogP contribution in [0.4, 0.5) is 0 Å². The monoisotopic (exact) mass is 261 g/mol. The van der Waals surface area contributed by atoms with E-state index < -0.39 is 0 Å². The zero-order valence-electron chi connectivity index (χ0n) is 10.7. The molecule has 0 atom stereocenters. The molecule has 0 spiro atoms. The van der Waals surface area contributed by atoms with Crippen LogP contribution in [0.3, 0.4) is 0 Å². The minimum Gasteiger partial charge on any atom is -0.450 e. The number of cyclic esters (lactones) is 1. The lowest BCUT2D eigenvalue weighted by Gasteiger charge is -2.10. The molecule has 3 aliphatic heterocycles. The van der Waals surface area contributed by atoms with E-state index in [-0.39, 0.29) is 5.97 Å². The largest absolute Gasteiger partial charge is 0.450 e. The maximum absolute atomic E-state index is 10.2. The van der Waals surface area contributed by atoms with Gasteiger partial charge < -0.3 is 14.2 Å². The van der Waals surface area contributed by atoms with E-state index in [2.05, 4.69) is 20.7 Å². The summed E-state index contributed by atoms with van der Waals surface area (Å²) in [6.07, 6.45) is 1.68. The van der Waals surface area contributed by atoms with Gasteiger partial charge in [0.2, 0.25) is 0 Å². The molecule has 3 rings (SSSR count). The van der Waals surface area contributed by atoms with E-state index >= 15 is 0 Å². The number of carbonyl (C=O) groups excluding carboxylic acids is 1. The first-order valence-electron chi connectivity index (χ1n) is 6.33. The van der Waals surface area contributed by atoms with Crippen molar-refractivity contribution in [1.82, 2.24) is 16.0 Å². The number of hydrogen-bond donors (Lipinski definition) is 3. The van der Waals surface area contributed by atoms with Crippen molar-refractivity contribution in [2.24, 2.45) is 0 Å². The quantitative estimate of drug-likeness (QED) is 0.482. The lowest BCUT2D eigenvalue weighted by atomic mass is 10.4. The van der Waals surface area contributed by atoms with E-state index in [0.29, 0.717) is 13.2 Å². The SMILES string of the molecule is C1CNCOC1.C1COCN1.O=C1CCNCO1. The van der Waals surface area contributed by atoms with Crippen molar-refractivity contribution in [1.29, 1.82) is 0 Å². The smallest absolute Gasteiger partial charge is 0.308 e. The van der Waals surface area contributed by atoms with Gasteiger partial charge in [0.05, 0.1) is 26.5 Å². The first-order valence-corrected chi connectivity index (χ1v) is 6.33. The van der Waals surface area contributed by atoms with E-state index in [1.807, 2.05) is 0 Å². The molecule has 0 aromatic carbocycles. The van der Waals surface area contributed by atoms with Gasteiger partial charge in [0.1, 0.15) is 6.73 Å². The molecule has 0 saturated carbocycles. The van der Waals surface area contributed by atoms with Gasteiger partial charge in [0, 0.05) is 19.7 Å². The second-order valence-corrected chi connectivity index (χ2v) is 3.87. The van der Waals surface area contributed by atoms with Crippen LogP contribution in [0.25, 0.3) is 0 Å². The Balaban J connectivity index is 0.000000137. The lowest BCUT2D eigenvalue weighted by molar-refractivity contribution is -0.147. The fourth-order valence-electron chi connectivity index (χ4n) is 1.34. The zero-order valence-corrected chi connectivity index (χ0v) is 10.7. The van der Waals surface area contributed by atoms with Crippen molar-refractivity contribution in [3.63, 3.8) is 0 Å². The number of ether oxygens (including phenoxy) is 3. The highest BCUT2D eigenvalue weighted by atomic mass is 16.5. The molecule has 106 valence electrons. The number of nitrogens with one attached hydrogen (secondary N) is 3. The summed E-state index contributed by atoms with van der Waals surface area (Å²) in [5, 5.41) is 8.93. The standard InChI is InChI=1S/C4H7NO2.C4H9NO.C3H7NO/c6-4-1-2-5-3-7-4;1-2-5-4-6-3-1;1-2-5-3-4-1/h5H,1-3H2;5H,1-4H2;4H,1-3H2. The van der Waals surface area contributed by atoms with Gasteiger partial charge in [0.15, 0.2) is 0 Å². The van der Waals surface area contributed by atoms with Gasteiger partial charge in [-0.05, 0) is 13.0 Å². The number of carbonyl (C=O) groups is 1. The van der Waals surface area contributed by atoms with E-state index in [0.717, 1.165) is 46.3 Å². The van der Waals surface area contributed by atoms with Gasteiger partial charge in [-0.1, -0.05) is 0 Å². The molecule has 0 unspecified atom stereocenters. The van der Waals surface area contributed by atoms with Crippen LogP contribution < -0.4 is 16.0 Å². The summed E-state index contributed by atoms with van der Waals surface area (Å²) in [6, 6.07) is 0. The van der Waals surface area contributed by atoms with Gasteiger partial charge in [-0.2, -0.15) is 0 Å². The normalized spacial score (nSPS) is 23.0. The highest BCUT2D eigenvalue weighted by molar-refractivity contribution is 5.70. The van der Waals surface area contributed by atoms with E-state index in [4.69, 9.17) is 9.47 Å². The lowest BCUT2D eigenvalue weighted by Crippen LogP contribution is -2.29. The van der Waals surface area contributed by atoms with Crippen LogP contribution in [-0.4, -0.2) is 59.0 Å². The Labute approximate surface area is 108 Å². The fraction of sp³-hybridized carbons (Fsp3) is 0.909. The maximum Gasteiger partial charge on any atom is 0.308 e. The number of esters is 1. The third-order valence-electron chi connectivity index (χ3n) is 2.31. The molecule has 0 bridgehead atoms. The molecule has 7 heteroatoms. The summed E-state index contributed by atoms with van der Waals surface area (Å²) in [5.74, 6) is -0.0984. The van der Waals surface area contributed by atoms with Crippen molar-refractivity contribution in [3.8, 4) is 0 Å². The maximum atomic E-state index is 10.2. The highest BCUT2D eigenvalue weighted by Gasteiger charge is 2.05. The van der Waals surface area contributed by atoms with E-state index in [9.17, 15) is 4.79 Å². The predicted molar refractivity (Wildman–Crippen MR) is 65.8 cm³/mol. The van der Waals surface area contributed by atoms with Gasteiger partial charge in [0.25, 0.3) is 0 Å². The fourth-order valence-corrected chi connectivity index (χ4v) is 1.34. The molecule has 0 radical (unpaired) electrons.